The summed E-state index contributed by atoms with van der Waals surface area (Å²) in [5, 5.41) is 8.91. The van der Waals surface area contributed by atoms with Crippen LogP contribution in [0.4, 0.5) is 0 Å². The highest BCUT2D eigenvalue weighted by molar-refractivity contribution is 7.87. The lowest BCUT2D eigenvalue weighted by Gasteiger charge is -2.19. The van der Waals surface area contributed by atoms with Crippen molar-refractivity contribution in [3.05, 3.63) is 59.7 Å². The van der Waals surface area contributed by atoms with Crippen LogP contribution in [0.15, 0.2) is 48.6 Å². The Morgan fingerprint density at radius 1 is 0.925 bits per heavy atom. The summed E-state index contributed by atoms with van der Waals surface area (Å²) in [5.74, 6) is 0.631. The third kappa shape index (κ3) is 11.5. The number of hydrogen-bond acceptors (Lipinski definition) is 8. The Hall–Kier alpha value is -3.24. The molecule has 9 nitrogen and oxygen atoms in total. The molecule has 0 aliphatic carbocycles. The molecule has 1 unspecified atom stereocenters. The monoisotopic (exact) mass is 578 g/mol. The van der Waals surface area contributed by atoms with Crippen molar-refractivity contribution in [2.75, 3.05) is 32.7 Å². The molecule has 0 aromatic heterocycles. The number of unbranched alkanes of at least 4 members (excludes halogenated alkanes) is 2. The van der Waals surface area contributed by atoms with E-state index < -0.39 is 16.1 Å². The molecule has 1 atom stereocenters. The first-order valence-electron chi connectivity index (χ1n) is 13.7. The summed E-state index contributed by atoms with van der Waals surface area (Å²) in [6.07, 6.45) is 6.48. The van der Waals surface area contributed by atoms with E-state index >= 15 is 0 Å². The zero-order chi connectivity index (χ0) is 29.4. The van der Waals surface area contributed by atoms with E-state index in [9.17, 15) is 13.2 Å². The van der Waals surface area contributed by atoms with E-state index in [0.717, 1.165) is 36.5 Å². The quantitative estimate of drug-likeness (QED) is 0.113. The number of benzene rings is 2. The molecular weight excluding hydrogens is 536 g/mol. The van der Waals surface area contributed by atoms with E-state index in [2.05, 4.69) is 6.92 Å². The standard InChI is InChI=1S/C30H42O9S/c1-5-8-18-37-29-22-24(25(36-7-3)11-10-12-30(31)32)14-16-26(29)38-19-17-23-13-15-27(28(21-23)35-4)39-40(33,34)20-9-6-2/h10,12-16,21-22,25H,5-9,11,17-20H2,1-4H3,(H,31,32). The van der Waals surface area contributed by atoms with Gasteiger partial charge in [-0.2, -0.15) is 8.42 Å². The number of hydrogen-bond donors (Lipinski definition) is 1. The molecule has 1 N–H and O–H groups in total. The molecule has 2 aromatic rings. The van der Waals surface area contributed by atoms with Crippen LogP contribution in [0.1, 0.15) is 70.1 Å². The molecule has 2 rings (SSSR count). The summed E-state index contributed by atoms with van der Waals surface area (Å²) in [5.41, 5.74) is 1.76. The second kappa shape index (κ2) is 17.5. The van der Waals surface area contributed by atoms with Crippen molar-refractivity contribution >= 4 is 16.1 Å². The maximum atomic E-state index is 12.2. The molecule has 222 valence electrons. The highest BCUT2D eigenvalue weighted by atomic mass is 32.2. The minimum absolute atomic E-state index is 0.0476. The van der Waals surface area contributed by atoms with Crippen LogP contribution in [0.5, 0.6) is 23.0 Å². The molecule has 0 aliphatic rings. The van der Waals surface area contributed by atoms with Crippen molar-refractivity contribution in [2.45, 2.75) is 65.4 Å². The summed E-state index contributed by atoms with van der Waals surface area (Å²) in [4.78, 5) is 10.9. The zero-order valence-electron chi connectivity index (χ0n) is 23.9. The molecular formula is C30H42O9S. The van der Waals surface area contributed by atoms with E-state index in [-0.39, 0.29) is 17.6 Å². The number of carboxylic acid groups (broad SMARTS) is 1. The van der Waals surface area contributed by atoms with Crippen molar-refractivity contribution in [1.29, 1.82) is 0 Å². The highest BCUT2D eigenvalue weighted by Crippen LogP contribution is 2.34. The van der Waals surface area contributed by atoms with Gasteiger partial charge in [0, 0.05) is 19.1 Å². The van der Waals surface area contributed by atoms with Crippen LogP contribution in [0.25, 0.3) is 0 Å². The van der Waals surface area contributed by atoms with Gasteiger partial charge < -0.3 is 28.2 Å². The van der Waals surface area contributed by atoms with Gasteiger partial charge in [0.1, 0.15) is 0 Å². The number of rotatable bonds is 20. The minimum atomic E-state index is -3.69. The minimum Gasteiger partial charge on any atom is -0.493 e. The molecule has 0 bridgehead atoms. The van der Waals surface area contributed by atoms with Gasteiger partial charge in [0.15, 0.2) is 23.0 Å². The largest absolute Gasteiger partial charge is 0.493 e. The molecule has 10 heteroatoms. The van der Waals surface area contributed by atoms with Crippen molar-refractivity contribution in [3.8, 4) is 23.0 Å². The summed E-state index contributed by atoms with van der Waals surface area (Å²) >= 11 is 0. The Balaban J connectivity index is 2.14. The predicted molar refractivity (Wildman–Crippen MR) is 154 cm³/mol. The predicted octanol–water partition coefficient (Wildman–Crippen LogP) is 6.11. The van der Waals surface area contributed by atoms with Crippen LogP contribution in [0, 0.1) is 0 Å². The summed E-state index contributed by atoms with van der Waals surface area (Å²) in [6.45, 7) is 7.26. The average Bonchev–Trinajstić information content (AvgIpc) is 2.92. The second-order valence-corrected chi connectivity index (χ2v) is 10.8. The van der Waals surface area contributed by atoms with E-state index in [1.165, 1.54) is 7.11 Å². The Labute approximate surface area is 238 Å². The number of aliphatic carboxylic acids is 1. The first-order valence-corrected chi connectivity index (χ1v) is 15.3. The molecule has 2 aromatic carbocycles. The van der Waals surface area contributed by atoms with Gasteiger partial charge in [-0.15, -0.1) is 0 Å². The molecule has 0 saturated heterocycles. The fraction of sp³-hybridized carbons (Fsp3) is 0.500. The maximum Gasteiger partial charge on any atom is 0.327 e. The zero-order valence-corrected chi connectivity index (χ0v) is 24.7. The summed E-state index contributed by atoms with van der Waals surface area (Å²) in [7, 11) is -2.22. The SMILES string of the molecule is CCCCOc1cc(C(CC=CC(=O)O)OCC)ccc1OCCc1ccc(OS(=O)(=O)CCCC)c(OC)c1. The third-order valence-electron chi connectivity index (χ3n) is 5.91. The van der Waals surface area contributed by atoms with Crippen LogP contribution in [0.3, 0.4) is 0 Å². The molecule has 0 spiro atoms. The Morgan fingerprint density at radius 2 is 1.65 bits per heavy atom. The number of carboxylic acids is 1. The van der Waals surface area contributed by atoms with Gasteiger partial charge in [-0.1, -0.05) is 44.9 Å². The van der Waals surface area contributed by atoms with Crippen LogP contribution in [0.2, 0.25) is 0 Å². The van der Waals surface area contributed by atoms with Crippen molar-refractivity contribution in [1.82, 2.24) is 0 Å². The van der Waals surface area contributed by atoms with Gasteiger partial charge in [-0.05, 0) is 61.6 Å². The van der Waals surface area contributed by atoms with Crippen molar-refractivity contribution in [3.63, 3.8) is 0 Å². The van der Waals surface area contributed by atoms with Crippen LogP contribution >= 0.6 is 0 Å². The van der Waals surface area contributed by atoms with Crippen LogP contribution in [-0.4, -0.2) is 52.2 Å². The third-order valence-corrected chi connectivity index (χ3v) is 7.14. The van der Waals surface area contributed by atoms with Crippen molar-refractivity contribution in [2.24, 2.45) is 0 Å². The van der Waals surface area contributed by atoms with Gasteiger partial charge in [0.25, 0.3) is 0 Å². The van der Waals surface area contributed by atoms with Crippen LogP contribution in [-0.2, 0) is 26.1 Å². The average molecular weight is 579 g/mol. The number of ether oxygens (including phenoxy) is 4. The Morgan fingerprint density at radius 3 is 2.33 bits per heavy atom. The van der Waals surface area contributed by atoms with Gasteiger partial charge in [-0.3, -0.25) is 0 Å². The normalized spacial score (nSPS) is 12.3. The molecule has 0 radical (unpaired) electrons. The first-order chi connectivity index (χ1) is 19.2. The van der Waals surface area contributed by atoms with E-state index in [1.807, 2.05) is 32.0 Å². The van der Waals surface area contributed by atoms with Crippen LogP contribution < -0.4 is 18.4 Å². The van der Waals surface area contributed by atoms with Gasteiger partial charge in [-0.25, -0.2) is 4.79 Å². The topological polar surface area (TPSA) is 118 Å². The van der Waals surface area contributed by atoms with E-state index in [0.29, 0.717) is 56.3 Å². The van der Waals surface area contributed by atoms with Crippen molar-refractivity contribution < 1.29 is 41.4 Å². The number of carbonyl (C=O) groups is 1. The fourth-order valence-electron chi connectivity index (χ4n) is 3.79. The molecule has 0 heterocycles. The molecule has 0 amide bonds. The Bertz CT molecular complexity index is 1190. The maximum absolute atomic E-state index is 12.2. The van der Waals surface area contributed by atoms with Gasteiger partial charge in [0.05, 0.1) is 32.2 Å². The lowest BCUT2D eigenvalue weighted by Crippen LogP contribution is -2.14. The fourth-order valence-corrected chi connectivity index (χ4v) is 4.93. The lowest BCUT2D eigenvalue weighted by molar-refractivity contribution is -0.131. The summed E-state index contributed by atoms with van der Waals surface area (Å²) < 4.78 is 53.0. The number of methoxy groups -OCH3 is 1. The molecule has 0 fully saturated rings. The van der Waals surface area contributed by atoms with Gasteiger partial charge in [0.2, 0.25) is 0 Å². The highest BCUT2D eigenvalue weighted by Gasteiger charge is 2.17. The molecule has 0 aliphatic heterocycles. The lowest BCUT2D eigenvalue weighted by atomic mass is 10.1. The second-order valence-electron chi connectivity index (χ2n) is 9.11. The smallest absolute Gasteiger partial charge is 0.327 e. The Kier molecular flexibility index (Phi) is 14.4. The van der Waals surface area contributed by atoms with E-state index in [1.54, 1.807) is 24.3 Å². The molecule has 0 saturated carbocycles. The molecule has 40 heavy (non-hydrogen) atoms. The first kappa shape index (κ1) is 33.0. The van der Waals surface area contributed by atoms with Gasteiger partial charge >= 0.3 is 16.1 Å². The van der Waals surface area contributed by atoms with E-state index in [4.69, 9.17) is 28.2 Å². The summed E-state index contributed by atoms with van der Waals surface area (Å²) in [6, 6.07) is 10.7.